The number of methoxy groups -OCH3 is 1. The summed E-state index contributed by atoms with van der Waals surface area (Å²) in [4.78, 5) is 39.5. The molecule has 1 unspecified atom stereocenters. The Morgan fingerprint density at radius 1 is 0.807 bits per heavy atom. The first-order valence-electron chi connectivity index (χ1n) is 21.0. The molecule has 0 radical (unpaired) electrons. The van der Waals surface area contributed by atoms with Gasteiger partial charge in [0.15, 0.2) is 6.10 Å². The molecule has 10 heteroatoms. The van der Waals surface area contributed by atoms with E-state index in [2.05, 4.69) is 52.9 Å². The Hall–Kier alpha value is -3.63. The standard InChI is InChI=1S/C35H57BrN2O6.C11H10O.CH4/c1-4-6-7-8-9-10-11-12-13-14-18-21-33(40)44-31(25-42-27(3)39)26-43-35(41)28-22-29(34(37)32(36)23-28)24-38(5-2)30-19-16-15-17-20-30;1-12-11-7-6-9-4-2-3-5-10(9)8-11;/h22-23,30-31H,4-21,24-26,37H2,1-3H3;2-8H,1H3;1H4. The number of fused-ring (bicyclic) bond motifs is 1. The first kappa shape index (κ1) is 49.5. The number of hydrogen-bond acceptors (Lipinski definition) is 9. The van der Waals surface area contributed by atoms with Gasteiger partial charge in [0, 0.05) is 30.4 Å². The second-order valence-corrected chi connectivity index (χ2v) is 15.8. The first-order valence-corrected chi connectivity index (χ1v) is 21.8. The van der Waals surface area contributed by atoms with Crippen molar-refractivity contribution in [3.63, 3.8) is 0 Å². The summed E-state index contributed by atoms with van der Waals surface area (Å²) < 4.78 is 21.9. The highest BCUT2D eigenvalue weighted by Gasteiger charge is 2.23. The molecule has 0 amide bonds. The fourth-order valence-electron chi connectivity index (χ4n) is 7.14. The molecular weight excluding hydrogens is 784 g/mol. The first-order chi connectivity index (χ1) is 27.1. The fraction of sp³-hybridized carbons (Fsp3) is 0.596. The van der Waals surface area contributed by atoms with E-state index in [-0.39, 0.29) is 33.0 Å². The lowest BCUT2D eigenvalue weighted by molar-refractivity contribution is -0.160. The third-order valence-corrected chi connectivity index (χ3v) is 11.1. The molecule has 1 fully saturated rings. The summed E-state index contributed by atoms with van der Waals surface area (Å²) in [6.45, 7) is 6.85. The van der Waals surface area contributed by atoms with Crippen LogP contribution in [0, 0.1) is 0 Å². The van der Waals surface area contributed by atoms with Crippen LogP contribution in [-0.4, -0.2) is 61.8 Å². The van der Waals surface area contributed by atoms with Crippen LogP contribution < -0.4 is 10.5 Å². The minimum absolute atomic E-state index is 0. The monoisotopic (exact) mass is 854 g/mol. The number of benzene rings is 3. The van der Waals surface area contributed by atoms with E-state index in [1.54, 1.807) is 19.2 Å². The number of carbonyl (C=O) groups is 3. The van der Waals surface area contributed by atoms with Crippen LogP contribution >= 0.6 is 15.9 Å². The highest BCUT2D eigenvalue weighted by molar-refractivity contribution is 9.10. The Bertz CT molecular complexity index is 1610. The highest BCUT2D eigenvalue weighted by Crippen LogP contribution is 2.30. The Morgan fingerprint density at radius 2 is 1.42 bits per heavy atom. The quantitative estimate of drug-likeness (QED) is 0.0430. The van der Waals surface area contributed by atoms with Crippen molar-refractivity contribution < 1.29 is 33.3 Å². The van der Waals surface area contributed by atoms with Gasteiger partial charge in [0.2, 0.25) is 0 Å². The molecule has 1 aliphatic carbocycles. The smallest absolute Gasteiger partial charge is 0.338 e. The van der Waals surface area contributed by atoms with Crippen LogP contribution in [0.3, 0.4) is 0 Å². The number of rotatable bonds is 23. The van der Waals surface area contributed by atoms with Crippen LogP contribution in [0.5, 0.6) is 5.75 Å². The molecule has 0 saturated heterocycles. The van der Waals surface area contributed by atoms with E-state index in [1.165, 1.54) is 101 Å². The van der Waals surface area contributed by atoms with Crippen LogP contribution in [0.25, 0.3) is 10.8 Å². The molecule has 3 aromatic rings. The molecule has 0 spiro atoms. The summed E-state index contributed by atoms with van der Waals surface area (Å²) in [5.41, 5.74) is 8.24. The highest BCUT2D eigenvalue weighted by atomic mass is 79.9. The molecule has 3 aromatic carbocycles. The molecule has 0 bridgehead atoms. The normalized spacial score (nSPS) is 13.2. The summed E-state index contributed by atoms with van der Waals surface area (Å²) in [5.74, 6) is -0.516. The summed E-state index contributed by atoms with van der Waals surface area (Å²) in [7, 11) is 1.68. The molecule has 2 N–H and O–H groups in total. The molecular formula is C47H71BrN2O7. The van der Waals surface area contributed by atoms with Crippen molar-refractivity contribution in [1.82, 2.24) is 4.90 Å². The van der Waals surface area contributed by atoms with E-state index in [0.717, 1.165) is 37.1 Å². The lowest BCUT2D eigenvalue weighted by atomic mass is 9.93. The van der Waals surface area contributed by atoms with Gasteiger partial charge in [-0.3, -0.25) is 14.5 Å². The number of carbonyl (C=O) groups excluding carboxylic acids is 3. The van der Waals surface area contributed by atoms with E-state index >= 15 is 0 Å². The third-order valence-electron chi connectivity index (χ3n) is 10.4. The lowest BCUT2D eigenvalue weighted by Crippen LogP contribution is -2.36. The molecule has 0 heterocycles. The summed E-state index contributed by atoms with van der Waals surface area (Å²) in [6.07, 6.45) is 18.7. The number of hydrogen-bond donors (Lipinski definition) is 1. The predicted octanol–water partition coefficient (Wildman–Crippen LogP) is 12.0. The van der Waals surface area contributed by atoms with Crippen molar-refractivity contribution in [3.05, 3.63) is 70.2 Å². The Balaban J connectivity index is 0.000000725. The van der Waals surface area contributed by atoms with Gasteiger partial charge in [0.1, 0.15) is 19.0 Å². The van der Waals surface area contributed by atoms with Gasteiger partial charge in [-0.15, -0.1) is 0 Å². The fourth-order valence-corrected chi connectivity index (χ4v) is 7.64. The van der Waals surface area contributed by atoms with E-state index in [9.17, 15) is 14.4 Å². The van der Waals surface area contributed by atoms with E-state index in [1.807, 2.05) is 24.3 Å². The van der Waals surface area contributed by atoms with Gasteiger partial charge in [-0.05, 0) is 82.3 Å². The molecule has 1 aliphatic rings. The van der Waals surface area contributed by atoms with Gasteiger partial charge in [0.25, 0.3) is 0 Å². The number of anilines is 1. The molecule has 0 aromatic heterocycles. The van der Waals surface area contributed by atoms with Gasteiger partial charge in [-0.25, -0.2) is 4.79 Å². The number of esters is 3. The molecule has 1 atom stereocenters. The Kier molecular flexibility index (Phi) is 24.9. The summed E-state index contributed by atoms with van der Waals surface area (Å²) in [5, 5.41) is 2.47. The number of nitrogen functional groups attached to an aromatic ring is 1. The van der Waals surface area contributed by atoms with E-state index in [4.69, 9.17) is 24.7 Å². The minimum atomic E-state index is -0.873. The maximum Gasteiger partial charge on any atom is 0.338 e. The van der Waals surface area contributed by atoms with Crippen LogP contribution in [0.1, 0.15) is 153 Å². The number of halogens is 1. The minimum Gasteiger partial charge on any atom is -0.497 e. The zero-order chi connectivity index (χ0) is 40.5. The second-order valence-electron chi connectivity index (χ2n) is 14.9. The van der Waals surface area contributed by atoms with Crippen LogP contribution in [0.2, 0.25) is 0 Å². The Morgan fingerprint density at radius 3 is 2.04 bits per heavy atom. The lowest BCUT2D eigenvalue weighted by Gasteiger charge is -2.34. The number of nitrogens with two attached hydrogens (primary N) is 1. The average molecular weight is 856 g/mol. The van der Waals surface area contributed by atoms with Gasteiger partial charge in [-0.1, -0.05) is 135 Å². The average Bonchev–Trinajstić information content (AvgIpc) is 3.21. The largest absolute Gasteiger partial charge is 0.497 e. The molecule has 0 aliphatic heterocycles. The van der Waals surface area contributed by atoms with Crippen molar-refractivity contribution in [3.8, 4) is 5.75 Å². The van der Waals surface area contributed by atoms with Crippen molar-refractivity contribution in [2.24, 2.45) is 0 Å². The molecule has 4 rings (SSSR count). The van der Waals surface area contributed by atoms with Crippen LogP contribution in [-0.2, 0) is 30.3 Å². The van der Waals surface area contributed by atoms with E-state index < -0.39 is 18.0 Å². The van der Waals surface area contributed by atoms with Crippen LogP contribution in [0.4, 0.5) is 5.69 Å². The SMILES string of the molecule is C.CCCCCCCCCCCCCC(=O)OC(COC(C)=O)COC(=O)c1cc(Br)c(N)c(CN(CC)C2CCCCC2)c1.COc1ccc2ccccc2c1. The topological polar surface area (TPSA) is 117 Å². The molecule has 9 nitrogen and oxygen atoms in total. The van der Waals surface area contributed by atoms with E-state index in [0.29, 0.717) is 28.3 Å². The number of nitrogens with zero attached hydrogens (tertiary/aromatic N) is 1. The maximum absolute atomic E-state index is 13.1. The Labute approximate surface area is 351 Å². The maximum atomic E-state index is 13.1. The van der Waals surface area contributed by atoms with Gasteiger partial charge < -0.3 is 24.7 Å². The van der Waals surface area contributed by atoms with Crippen molar-refractivity contribution >= 4 is 50.3 Å². The molecule has 57 heavy (non-hydrogen) atoms. The zero-order valence-corrected chi connectivity index (χ0v) is 36.0. The summed E-state index contributed by atoms with van der Waals surface area (Å²) in [6, 6.07) is 18.3. The molecule has 1 saturated carbocycles. The third kappa shape index (κ3) is 19.1. The second kappa shape index (κ2) is 28.7. The van der Waals surface area contributed by atoms with Gasteiger partial charge >= 0.3 is 17.9 Å². The van der Waals surface area contributed by atoms with Crippen molar-refractivity contribution in [2.45, 2.75) is 156 Å². The number of ether oxygens (including phenoxy) is 4. The van der Waals surface area contributed by atoms with Crippen molar-refractivity contribution in [2.75, 3.05) is 32.6 Å². The molecule has 318 valence electrons. The van der Waals surface area contributed by atoms with Gasteiger partial charge in [0.05, 0.1) is 18.4 Å². The van der Waals surface area contributed by atoms with Crippen LogP contribution in [0.15, 0.2) is 59.1 Å². The number of unbranched alkanes of at least 4 members (excludes halogenated alkanes) is 10. The zero-order valence-electron chi connectivity index (χ0n) is 34.5. The summed E-state index contributed by atoms with van der Waals surface area (Å²) >= 11 is 3.51. The van der Waals surface area contributed by atoms with Gasteiger partial charge in [-0.2, -0.15) is 0 Å². The van der Waals surface area contributed by atoms with Crippen molar-refractivity contribution in [1.29, 1.82) is 0 Å². The predicted molar refractivity (Wildman–Crippen MR) is 237 cm³/mol.